The van der Waals surface area contributed by atoms with Gasteiger partial charge in [0.2, 0.25) is 5.91 Å². The van der Waals surface area contributed by atoms with Gasteiger partial charge in [0.15, 0.2) is 18.1 Å². The van der Waals surface area contributed by atoms with Crippen LogP contribution in [0, 0.1) is 0 Å². The Balaban J connectivity index is 1.43. The Morgan fingerprint density at radius 1 is 1.03 bits per heavy atom. The zero-order chi connectivity index (χ0) is 27.9. The summed E-state index contributed by atoms with van der Waals surface area (Å²) in [7, 11) is 1.44. The lowest BCUT2D eigenvalue weighted by Gasteiger charge is -2.14. The maximum atomic E-state index is 12.9. The number of thioether (sulfide) groups is 1. The van der Waals surface area contributed by atoms with Gasteiger partial charge in [0.1, 0.15) is 6.54 Å². The standard InChI is InChI=1S/C27H21BrClN3O6S/c1-37-21-12-16(11-18(28)25(21)38-15-24(34)30-17-7-3-2-4-8-17)13-22-26(35)32(27(36)39-22)14-23(33)31-20-10-6-5-9-19(20)29/h2-13H,14-15H2,1H3,(H,30,34)(H,31,33)/b22-13+. The Hall–Kier alpha value is -3.80. The predicted octanol–water partition coefficient (Wildman–Crippen LogP) is 5.80. The van der Waals surface area contributed by atoms with Gasteiger partial charge in [-0.2, -0.15) is 0 Å². The zero-order valence-electron chi connectivity index (χ0n) is 20.4. The number of methoxy groups -OCH3 is 1. The second-order valence-corrected chi connectivity index (χ2v) is 10.3. The molecule has 4 amide bonds. The maximum absolute atomic E-state index is 12.9. The number of ether oxygens (including phenoxy) is 2. The third kappa shape index (κ3) is 7.20. The highest BCUT2D eigenvalue weighted by Crippen LogP contribution is 2.39. The molecule has 4 rings (SSSR count). The fourth-order valence-corrected chi connectivity index (χ4v) is 5.10. The van der Waals surface area contributed by atoms with Crippen molar-refractivity contribution in [2.45, 2.75) is 0 Å². The number of anilines is 2. The molecule has 1 fully saturated rings. The number of imide groups is 1. The highest BCUT2D eigenvalue weighted by Gasteiger charge is 2.36. The summed E-state index contributed by atoms with van der Waals surface area (Å²) >= 11 is 10.2. The van der Waals surface area contributed by atoms with E-state index in [0.717, 1.165) is 16.7 Å². The molecule has 2 N–H and O–H groups in total. The summed E-state index contributed by atoms with van der Waals surface area (Å²) in [6, 6.07) is 18.9. The quantitative estimate of drug-likeness (QED) is 0.287. The summed E-state index contributed by atoms with van der Waals surface area (Å²) in [5.74, 6) is -0.920. The van der Waals surface area contributed by atoms with Crippen LogP contribution in [0.5, 0.6) is 11.5 Å². The first-order valence-electron chi connectivity index (χ1n) is 11.4. The van der Waals surface area contributed by atoms with E-state index in [2.05, 4.69) is 26.6 Å². The lowest BCUT2D eigenvalue weighted by molar-refractivity contribution is -0.127. The van der Waals surface area contributed by atoms with E-state index in [4.69, 9.17) is 21.1 Å². The molecule has 0 spiro atoms. The van der Waals surface area contributed by atoms with Crippen molar-refractivity contribution in [2.24, 2.45) is 0 Å². The molecule has 0 aromatic heterocycles. The van der Waals surface area contributed by atoms with Crippen molar-refractivity contribution in [3.05, 3.63) is 86.7 Å². The first kappa shape index (κ1) is 28.2. The highest BCUT2D eigenvalue weighted by atomic mass is 79.9. The lowest BCUT2D eigenvalue weighted by Crippen LogP contribution is -2.36. The Kier molecular flexibility index (Phi) is 9.28. The lowest BCUT2D eigenvalue weighted by atomic mass is 10.2. The monoisotopic (exact) mass is 629 g/mol. The first-order valence-corrected chi connectivity index (χ1v) is 13.4. The Bertz CT molecular complexity index is 1470. The van der Waals surface area contributed by atoms with Crippen LogP contribution in [0.15, 0.2) is 76.1 Å². The molecule has 0 atom stereocenters. The minimum atomic E-state index is -0.604. The number of para-hydroxylation sites is 2. The van der Waals surface area contributed by atoms with E-state index in [1.807, 2.05) is 6.07 Å². The molecular weight excluding hydrogens is 610 g/mol. The van der Waals surface area contributed by atoms with Gasteiger partial charge in [-0.15, -0.1) is 0 Å². The summed E-state index contributed by atoms with van der Waals surface area (Å²) in [6.45, 7) is -0.726. The van der Waals surface area contributed by atoms with Crippen LogP contribution in [0.2, 0.25) is 5.02 Å². The molecule has 3 aromatic carbocycles. The van der Waals surface area contributed by atoms with Crippen molar-refractivity contribution in [2.75, 3.05) is 30.9 Å². The van der Waals surface area contributed by atoms with Crippen molar-refractivity contribution in [1.29, 1.82) is 0 Å². The molecule has 0 unspecified atom stereocenters. The molecule has 1 saturated heterocycles. The summed E-state index contributed by atoms with van der Waals surface area (Å²) in [6.07, 6.45) is 1.51. The average Bonchev–Trinajstić information content (AvgIpc) is 3.16. The van der Waals surface area contributed by atoms with Gasteiger partial charge in [0.25, 0.3) is 17.1 Å². The normalized spacial score (nSPS) is 13.9. The molecule has 0 radical (unpaired) electrons. The largest absolute Gasteiger partial charge is 0.493 e. The number of halogens is 2. The molecule has 0 bridgehead atoms. The van der Waals surface area contributed by atoms with Crippen LogP contribution >= 0.6 is 39.3 Å². The predicted molar refractivity (Wildman–Crippen MR) is 154 cm³/mol. The van der Waals surface area contributed by atoms with Crippen molar-refractivity contribution in [1.82, 2.24) is 4.90 Å². The SMILES string of the molecule is COc1cc(/C=C2/SC(=O)N(CC(=O)Nc3ccccc3Cl)C2=O)cc(Br)c1OCC(=O)Nc1ccccc1. The number of carbonyl (C=O) groups is 4. The number of hydrogen-bond acceptors (Lipinski definition) is 7. The molecule has 12 heteroatoms. The van der Waals surface area contributed by atoms with E-state index >= 15 is 0 Å². The minimum absolute atomic E-state index is 0.135. The molecular formula is C27H21BrClN3O6S. The number of amides is 4. The van der Waals surface area contributed by atoms with Crippen molar-refractivity contribution < 1.29 is 28.7 Å². The van der Waals surface area contributed by atoms with E-state index < -0.39 is 23.6 Å². The topological polar surface area (TPSA) is 114 Å². The molecule has 9 nitrogen and oxygen atoms in total. The maximum Gasteiger partial charge on any atom is 0.294 e. The van der Waals surface area contributed by atoms with Gasteiger partial charge in [-0.3, -0.25) is 24.1 Å². The molecule has 1 heterocycles. The van der Waals surface area contributed by atoms with Gasteiger partial charge >= 0.3 is 0 Å². The Labute approximate surface area is 241 Å². The number of nitrogens with one attached hydrogen (secondary N) is 2. The van der Waals surface area contributed by atoms with E-state index in [1.54, 1.807) is 60.7 Å². The van der Waals surface area contributed by atoms with E-state index in [-0.39, 0.29) is 17.4 Å². The van der Waals surface area contributed by atoms with E-state index in [9.17, 15) is 19.2 Å². The summed E-state index contributed by atoms with van der Waals surface area (Å²) in [5, 5.41) is 5.09. The van der Waals surface area contributed by atoms with Crippen LogP contribution in [0.1, 0.15) is 5.56 Å². The number of hydrogen-bond donors (Lipinski definition) is 2. The summed E-state index contributed by atoms with van der Waals surface area (Å²) in [4.78, 5) is 51.1. The molecule has 0 saturated carbocycles. The molecule has 3 aromatic rings. The highest BCUT2D eigenvalue weighted by molar-refractivity contribution is 9.10. The Morgan fingerprint density at radius 3 is 2.46 bits per heavy atom. The minimum Gasteiger partial charge on any atom is -0.493 e. The second kappa shape index (κ2) is 12.8. The molecule has 39 heavy (non-hydrogen) atoms. The summed E-state index contributed by atoms with van der Waals surface area (Å²) < 4.78 is 11.6. The van der Waals surface area contributed by atoms with Crippen LogP contribution in [-0.4, -0.2) is 48.1 Å². The van der Waals surface area contributed by atoms with E-state index in [1.165, 1.54) is 13.2 Å². The molecule has 200 valence electrons. The zero-order valence-corrected chi connectivity index (χ0v) is 23.6. The van der Waals surface area contributed by atoms with Gasteiger partial charge in [-0.1, -0.05) is 41.9 Å². The fourth-order valence-electron chi connectivity index (χ4n) is 3.50. The second-order valence-electron chi connectivity index (χ2n) is 8.03. The van der Waals surface area contributed by atoms with Gasteiger partial charge in [-0.05, 0) is 75.7 Å². The average molecular weight is 631 g/mol. The fraction of sp³-hybridized carbons (Fsp3) is 0.111. The molecule has 1 aliphatic rings. The number of rotatable bonds is 9. The summed E-state index contributed by atoms with van der Waals surface area (Å²) in [5.41, 5.74) is 1.55. The Morgan fingerprint density at radius 2 is 1.74 bits per heavy atom. The van der Waals surface area contributed by atoms with Gasteiger partial charge in [0, 0.05) is 5.69 Å². The third-order valence-electron chi connectivity index (χ3n) is 5.28. The van der Waals surface area contributed by atoms with Crippen molar-refractivity contribution in [3.8, 4) is 11.5 Å². The van der Waals surface area contributed by atoms with Crippen molar-refractivity contribution >= 4 is 79.7 Å². The van der Waals surface area contributed by atoms with Gasteiger partial charge in [0.05, 0.1) is 27.2 Å². The third-order valence-corrected chi connectivity index (χ3v) is 7.10. The van der Waals surface area contributed by atoms with Crippen LogP contribution in [0.3, 0.4) is 0 Å². The van der Waals surface area contributed by atoms with Crippen LogP contribution < -0.4 is 20.1 Å². The smallest absolute Gasteiger partial charge is 0.294 e. The number of benzene rings is 3. The number of carbonyl (C=O) groups excluding carboxylic acids is 4. The van der Waals surface area contributed by atoms with Gasteiger partial charge in [-0.25, -0.2) is 0 Å². The van der Waals surface area contributed by atoms with Crippen LogP contribution in [0.4, 0.5) is 16.2 Å². The van der Waals surface area contributed by atoms with Crippen LogP contribution in [0.25, 0.3) is 6.08 Å². The number of nitrogens with zero attached hydrogens (tertiary/aromatic N) is 1. The molecule has 1 aliphatic heterocycles. The first-order chi connectivity index (χ1) is 18.7. The van der Waals surface area contributed by atoms with Crippen molar-refractivity contribution in [3.63, 3.8) is 0 Å². The molecule has 0 aliphatic carbocycles. The van der Waals surface area contributed by atoms with E-state index in [0.29, 0.717) is 37.9 Å². The van der Waals surface area contributed by atoms with Gasteiger partial charge < -0.3 is 20.1 Å². The van der Waals surface area contributed by atoms with Crippen LogP contribution in [-0.2, 0) is 14.4 Å².